The zero-order valence-electron chi connectivity index (χ0n) is 11.8. The molecule has 21 heavy (non-hydrogen) atoms. The highest BCUT2D eigenvalue weighted by Crippen LogP contribution is 2.23. The van der Waals surface area contributed by atoms with E-state index in [4.69, 9.17) is 4.74 Å². The molecule has 2 rings (SSSR count). The van der Waals surface area contributed by atoms with Gasteiger partial charge in [0.1, 0.15) is 11.5 Å². The van der Waals surface area contributed by atoms with Gasteiger partial charge < -0.3 is 9.84 Å². The number of methoxy groups -OCH3 is 1. The second-order valence-electron chi connectivity index (χ2n) is 4.39. The summed E-state index contributed by atoms with van der Waals surface area (Å²) in [5.74, 6) is -0.155. The number of phenolic OH excluding ortho intramolecular Hbond substituents is 1. The maximum atomic E-state index is 12.0. The average Bonchev–Trinajstić information content (AvgIpc) is 2.52. The van der Waals surface area contributed by atoms with Gasteiger partial charge >= 0.3 is 0 Å². The Bertz CT molecular complexity index is 666. The van der Waals surface area contributed by atoms with Gasteiger partial charge in [-0.15, -0.1) is 0 Å². The Morgan fingerprint density at radius 2 is 1.90 bits per heavy atom. The number of carbonyl (C=O) groups excluding carboxylic acids is 1. The molecule has 0 aliphatic carbocycles. The first-order chi connectivity index (χ1) is 10.1. The van der Waals surface area contributed by atoms with Gasteiger partial charge in [0, 0.05) is 6.07 Å². The number of benzene rings is 2. The molecule has 2 aromatic rings. The molecule has 0 fully saturated rings. The lowest BCUT2D eigenvalue weighted by Gasteiger charge is -2.06. The predicted molar refractivity (Wildman–Crippen MR) is 80.8 cm³/mol. The highest BCUT2D eigenvalue weighted by atomic mass is 16.5. The van der Waals surface area contributed by atoms with Crippen molar-refractivity contribution in [1.82, 2.24) is 5.43 Å². The number of phenols is 1. The number of ether oxygens (including phenoxy) is 1. The maximum Gasteiger partial charge on any atom is 0.275 e. The summed E-state index contributed by atoms with van der Waals surface area (Å²) in [7, 11) is 1.49. The minimum absolute atomic E-state index is 0.139. The molecule has 1 amide bonds. The zero-order chi connectivity index (χ0) is 15.2. The number of rotatable bonds is 4. The molecule has 0 atom stereocenters. The minimum Gasteiger partial charge on any atom is -0.507 e. The second kappa shape index (κ2) is 6.56. The van der Waals surface area contributed by atoms with Gasteiger partial charge in [0.25, 0.3) is 5.91 Å². The lowest BCUT2D eigenvalue weighted by molar-refractivity contribution is 0.0952. The van der Waals surface area contributed by atoms with Crippen LogP contribution in [0, 0.1) is 0 Å². The number of hydrogen-bond donors (Lipinski definition) is 2. The molecule has 0 spiro atoms. The van der Waals surface area contributed by atoms with Crippen molar-refractivity contribution < 1.29 is 14.6 Å². The van der Waals surface area contributed by atoms with E-state index in [9.17, 15) is 9.90 Å². The van der Waals surface area contributed by atoms with Gasteiger partial charge in [0.15, 0.2) is 0 Å². The summed E-state index contributed by atoms with van der Waals surface area (Å²) in [4.78, 5) is 12.0. The fourth-order valence-corrected chi connectivity index (χ4v) is 1.77. The van der Waals surface area contributed by atoms with Crippen molar-refractivity contribution in [1.29, 1.82) is 0 Å². The topological polar surface area (TPSA) is 70.9 Å². The van der Waals surface area contributed by atoms with Crippen molar-refractivity contribution in [2.45, 2.75) is 6.92 Å². The molecule has 2 N–H and O–H groups in total. The van der Waals surface area contributed by atoms with Crippen molar-refractivity contribution in [3.63, 3.8) is 0 Å². The van der Waals surface area contributed by atoms with Crippen LogP contribution in [0.1, 0.15) is 22.8 Å². The summed E-state index contributed by atoms with van der Waals surface area (Å²) in [6.07, 6.45) is 0. The van der Waals surface area contributed by atoms with Crippen LogP contribution >= 0.6 is 0 Å². The van der Waals surface area contributed by atoms with Crippen LogP contribution in [0.2, 0.25) is 0 Å². The zero-order valence-corrected chi connectivity index (χ0v) is 11.8. The van der Waals surface area contributed by atoms with Crippen LogP contribution in [0.25, 0.3) is 0 Å². The van der Waals surface area contributed by atoms with E-state index >= 15 is 0 Å². The van der Waals surface area contributed by atoms with Crippen molar-refractivity contribution in [2.75, 3.05) is 7.11 Å². The molecule has 0 radical (unpaired) electrons. The number of carbonyl (C=O) groups is 1. The van der Waals surface area contributed by atoms with Crippen molar-refractivity contribution in [2.24, 2.45) is 5.10 Å². The van der Waals surface area contributed by atoms with Gasteiger partial charge in [-0.1, -0.05) is 30.3 Å². The molecule has 0 aromatic heterocycles. The highest BCUT2D eigenvalue weighted by Gasteiger charge is 2.11. The van der Waals surface area contributed by atoms with Crippen LogP contribution in [-0.4, -0.2) is 23.8 Å². The molecule has 0 bridgehead atoms. The first-order valence-corrected chi connectivity index (χ1v) is 6.39. The Balaban J connectivity index is 2.12. The molecule has 5 heteroatoms. The molecular weight excluding hydrogens is 268 g/mol. The SMILES string of the molecule is COc1ccc(C(=O)N/N=C(/C)c2ccccc2)c(O)c1. The molecule has 0 aliphatic rings. The molecular formula is C16H16N2O3. The Hall–Kier alpha value is -2.82. The number of nitrogens with one attached hydrogen (secondary N) is 1. The Morgan fingerprint density at radius 1 is 1.19 bits per heavy atom. The van der Waals surface area contributed by atoms with Gasteiger partial charge in [-0.05, 0) is 24.6 Å². The summed E-state index contributed by atoms with van der Waals surface area (Å²) in [5, 5.41) is 13.8. The molecule has 0 saturated carbocycles. The van der Waals surface area contributed by atoms with Crippen LogP contribution in [0.4, 0.5) is 0 Å². The monoisotopic (exact) mass is 284 g/mol. The third-order valence-corrected chi connectivity index (χ3v) is 2.97. The lowest BCUT2D eigenvalue weighted by Crippen LogP contribution is -2.19. The van der Waals surface area contributed by atoms with E-state index in [1.54, 1.807) is 13.0 Å². The standard InChI is InChI=1S/C16H16N2O3/c1-11(12-6-4-3-5-7-12)17-18-16(20)14-9-8-13(21-2)10-15(14)19/h3-10,19H,1-2H3,(H,18,20)/b17-11-. The number of nitrogens with zero attached hydrogens (tertiary/aromatic N) is 1. The second-order valence-corrected chi connectivity index (χ2v) is 4.39. The molecule has 0 aliphatic heterocycles. The normalized spacial score (nSPS) is 11.0. The molecule has 5 nitrogen and oxygen atoms in total. The van der Waals surface area contributed by atoms with Gasteiger partial charge in [-0.25, -0.2) is 5.43 Å². The van der Waals surface area contributed by atoms with Crippen LogP contribution in [0.15, 0.2) is 53.6 Å². The maximum absolute atomic E-state index is 12.0. The fourth-order valence-electron chi connectivity index (χ4n) is 1.77. The Morgan fingerprint density at radius 3 is 2.52 bits per heavy atom. The Kier molecular flexibility index (Phi) is 4.56. The largest absolute Gasteiger partial charge is 0.507 e. The molecule has 0 unspecified atom stereocenters. The number of hydrogen-bond acceptors (Lipinski definition) is 4. The molecule has 108 valence electrons. The molecule has 0 heterocycles. The van der Waals surface area contributed by atoms with Crippen LogP contribution < -0.4 is 10.2 Å². The van der Waals surface area contributed by atoms with E-state index in [2.05, 4.69) is 10.5 Å². The van der Waals surface area contributed by atoms with Gasteiger partial charge in [0.2, 0.25) is 0 Å². The molecule has 0 saturated heterocycles. The Labute approximate surface area is 122 Å². The fraction of sp³-hybridized carbons (Fsp3) is 0.125. The predicted octanol–water partition coefficient (Wildman–Crippen LogP) is 2.55. The summed E-state index contributed by atoms with van der Waals surface area (Å²) in [5.41, 5.74) is 4.15. The number of amides is 1. The summed E-state index contributed by atoms with van der Waals surface area (Å²) in [6.45, 7) is 1.80. The van der Waals surface area contributed by atoms with Crippen LogP contribution in [-0.2, 0) is 0 Å². The summed E-state index contributed by atoms with van der Waals surface area (Å²) >= 11 is 0. The van der Waals surface area contributed by atoms with E-state index in [1.807, 2.05) is 30.3 Å². The van der Waals surface area contributed by atoms with Crippen LogP contribution in [0.3, 0.4) is 0 Å². The van der Waals surface area contributed by atoms with Gasteiger partial charge in [0.05, 0.1) is 18.4 Å². The van der Waals surface area contributed by atoms with Crippen LogP contribution in [0.5, 0.6) is 11.5 Å². The van der Waals surface area contributed by atoms with E-state index in [0.717, 1.165) is 5.56 Å². The third kappa shape index (κ3) is 3.60. The van der Waals surface area contributed by atoms with E-state index in [-0.39, 0.29) is 11.3 Å². The van der Waals surface area contributed by atoms with Gasteiger partial charge in [-0.2, -0.15) is 5.10 Å². The number of hydrazone groups is 1. The first-order valence-electron chi connectivity index (χ1n) is 6.39. The van der Waals surface area contributed by atoms with Gasteiger partial charge in [-0.3, -0.25) is 4.79 Å². The summed E-state index contributed by atoms with van der Waals surface area (Å²) < 4.78 is 4.97. The highest BCUT2D eigenvalue weighted by molar-refractivity contribution is 6.01. The van der Waals surface area contributed by atoms with Crippen molar-refractivity contribution >= 4 is 11.6 Å². The molecule has 2 aromatic carbocycles. The van der Waals surface area contributed by atoms with Crippen molar-refractivity contribution in [3.8, 4) is 11.5 Å². The third-order valence-electron chi connectivity index (χ3n) is 2.97. The van der Waals surface area contributed by atoms with E-state index < -0.39 is 5.91 Å². The number of aromatic hydroxyl groups is 1. The van der Waals surface area contributed by atoms with E-state index in [0.29, 0.717) is 11.5 Å². The van der Waals surface area contributed by atoms with E-state index in [1.165, 1.54) is 19.2 Å². The quantitative estimate of drug-likeness (QED) is 0.669. The smallest absolute Gasteiger partial charge is 0.275 e. The minimum atomic E-state index is -0.481. The first kappa shape index (κ1) is 14.6. The lowest BCUT2D eigenvalue weighted by atomic mass is 10.1. The summed E-state index contributed by atoms with van der Waals surface area (Å²) in [6, 6.07) is 14.0. The average molecular weight is 284 g/mol. The van der Waals surface area contributed by atoms with Crippen molar-refractivity contribution in [3.05, 3.63) is 59.7 Å².